The fraction of sp³-hybridized carbons (Fsp3) is 0.0435. The lowest BCUT2D eigenvalue weighted by atomic mass is 9.83. The number of rotatable bonds is 6. The zero-order chi connectivity index (χ0) is 32.9. The minimum atomic E-state index is 0.0156. The topological polar surface area (TPSA) is 30.2 Å². The molecule has 2 aromatic heterocycles. The lowest BCUT2D eigenvalue weighted by Crippen LogP contribution is -2.01. The summed E-state index contributed by atoms with van der Waals surface area (Å²) in [5.74, 6) is 0. The number of dihydropyridines is 1. The summed E-state index contributed by atoms with van der Waals surface area (Å²) < 4.78 is 2.32. The van der Waals surface area contributed by atoms with Gasteiger partial charge in [-0.25, -0.2) is 0 Å². The zero-order valence-corrected chi connectivity index (χ0v) is 27.1. The largest absolute Gasteiger partial charge is 0.308 e. The van der Waals surface area contributed by atoms with E-state index in [9.17, 15) is 0 Å². The van der Waals surface area contributed by atoms with Crippen LogP contribution in [0, 0.1) is 0 Å². The number of para-hydroxylation sites is 1. The molecule has 0 fully saturated rings. The quantitative estimate of drug-likeness (QED) is 0.180. The van der Waals surface area contributed by atoms with Crippen LogP contribution >= 0.6 is 0 Å². The lowest BCUT2D eigenvalue weighted by Gasteiger charge is -2.20. The number of allylic oxidation sites excluding steroid dienone is 1. The number of fused-ring (bicyclic) bond motifs is 5. The van der Waals surface area contributed by atoms with Gasteiger partial charge in [0, 0.05) is 22.7 Å². The van der Waals surface area contributed by atoms with Gasteiger partial charge in [0.1, 0.15) is 0 Å². The van der Waals surface area contributed by atoms with E-state index in [1.165, 1.54) is 38.1 Å². The first-order valence-electron chi connectivity index (χ1n) is 16.7. The van der Waals surface area contributed by atoms with Crippen LogP contribution in [0.1, 0.15) is 29.3 Å². The van der Waals surface area contributed by atoms with Crippen LogP contribution in [-0.2, 0) is 0 Å². The zero-order valence-electron chi connectivity index (χ0n) is 27.1. The van der Waals surface area contributed by atoms with Gasteiger partial charge < -0.3 is 4.57 Å². The Kier molecular flexibility index (Phi) is 6.91. The van der Waals surface area contributed by atoms with Crippen molar-refractivity contribution in [1.82, 2.24) is 9.55 Å². The molecule has 1 aliphatic rings. The number of pyridine rings is 1. The van der Waals surface area contributed by atoms with Crippen molar-refractivity contribution in [2.24, 2.45) is 4.99 Å². The van der Waals surface area contributed by atoms with Crippen LogP contribution in [0.15, 0.2) is 158 Å². The van der Waals surface area contributed by atoms with Crippen LogP contribution in [0.5, 0.6) is 0 Å². The van der Waals surface area contributed by atoms with Crippen molar-refractivity contribution in [3.8, 4) is 27.9 Å². The minimum absolute atomic E-state index is 0.0156. The first-order valence-corrected chi connectivity index (χ1v) is 16.7. The van der Waals surface area contributed by atoms with E-state index < -0.39 is 0 Å². The first kappa shape index (κ1) is 28.9. The molecule has 1 atom stereocenters. The number of aromatic nitrogens is 2. The highest BCUT2D eigenvalue weighted by Gasteiger charge is 2.22. The predicted octanol–water partition coefficient (Wildman–Crippen LogP) is 12.2. The molecule has 0 saturated heterocycles. The third-order valence-electron chi connectivity index (χ3n) is 9.91. The van der Waals surface area contributed by atoms with Gasteiger partial charge in [-0.3, -0.25) is 9.98 Å². The molecule has 0 radical (unpaired) electrons. The molecule has 232 valence electrons. The predicted molar refractivity (Wildman–Crippen MR) is 210 cm³/mol. The maximum atomic E-state index is 4.95. The maximum absolute atomic E-state index is 4.95. The number of hydrogen-bond acceptors (Lipinski definition) is 2. The van der Waals surface area contributed by atoms with Gasteiger partial charge in [-0.2, -0.15) is 0 Å². The third-order valence-corrected chi connectivity index (χ3v) is 9.91. The molecule has 49 heavy (non-hydrogen) atoms. The van der Waals surface area contributed by atoms with Gasteiger partial charge >= 0.3 is 0 Å². The molecule has 3 nitrogen and oxygen atoms in total. The van der Waals surface area contributed by atoms with Gasteiger partial charge in [0.25, 0.3) is 0 Å². The standard InChI is InChI=1S/C46H33N3/c1-3-35-36(4-2)46(38-19-11-10-18-37(38)45(35)32-22-21-30-14-8-9-15-31(30)26-32)33-23-24-43-39(27-33)40-28-42(41-20-12-13-25-47-41)48-29-44(40)49(43)34-16-6-5-7-17-34/h3-19,21-29,41H,1-2,20H2. The average molecular weight is 628 g/mol. The second-order valence-corrected chi connectivity index (χ2v) is 12.6. The molecule has 0 bridgehead atoms. The normalized spacial score (nSPS) is 14.2. The second-order valence-electron chi connectivity index (χ2n) is 12.6. The molecule has 0 amide bonds. The summed E-state index contributed by atoms with van der Waals surface area (Å²) in [6.07, 6.45) is 12.9. The molecular weight excluding hydrogens is 595 g/mol. The SMILES string of the molecule is C=Cc1c(C=C)c(-c2ccc3c(c2)c2cc(C4CC=CC=N4)ncc2n3-c2ccccc2)c2ccccc2c1-c1ccc2ccccc2c1. The van der Waals surface area contributed by atoms with E-state index >= 15 is 0 Å². The van der Waals surface area contributed by atoms with E-state index in [1.807, 2.05) is 30.6 Å². The van der Waals surface area contributed by atoms with Crippen LogP contribution in [0.25, 0.3) is 83.4 Å². The fourth-order valence-electron chi connectivity index (χ4n) is 7.68. The highest BCUT2D eigenvalue weighted by atomic mass is 15.0. The van der Waals surface area contributed by atoms with E-state index in [0.717, 1.165) is 56.5 Å². The van der Waals surface area contributed by atoms with Crippen LogP contribution in [0.2, 0.25) is 0 Å². The number of hydrogen-bond donors (Lipinski definition) is 0. The van der Waals surface area contributed by atoms with Crippen molar-refractivity contribution < 1.29 is 0 Å². The van der Waals surface area contributed by atoms with Crippen molar-refractivity contribution in [1.29, 1.82) is 0 Å². The van der Waals surface area contributed by atoms with E-state index in [1.54, 1.807) is 0 Å². The van der Waals surface area contributed by atoms with E-state index in [2.05, 4.69) is 145 Å². The number of nitrogens with zero attached hydrogens (tertiary/aromatic N) is 3. The third kappa shape index (κ3) is 4.66. The van der Waals surface area contributed by atoms with Crippen molar-refractivity contribution in [3.63, 3.8) is 0 Å². The van der Waals surface area contributed by atoms with Crippen molar-refractivity contribution in [2.75, 3.05) is 0 Å². The molecule has 0 aliphatic carbocycles. The van der Waals surface area contributed by atoms with Crippen molar-refractivity contribution in [3.05, 3.63) is 170 Å². The van der Waals surface area contributed by atoms with Crippen LogP contribution < -0.4 is 0 Å². The summed E-state index contributed by atoms with van der Waals surface area (Å²) in [5.41, 5.74) is 11.1. The summed E-state index contributed by atoms with van der Waals surface area (Å²) in [6, 6.07) is 43.6. The lowest BCUT2D eigenvalue weighted by molar-refractivity contribution is 0.715. The molecule has 3 heterocycles. The summed E-state index contributed by atoms with van der Waals surface area (Å²) in [7, 11) is 0. The first-order chi connectivity index (χ1) is 24.2. The van der Waals surface area contributed by atoms with Gasteiger partial charge in [0.05, 0.1) is 29.0 Å². The number of aliphatic imine (C=N–C) groups is 1. The maximum Gasteiger partial charge on any atom is 0.0954 e. The Balaban J connectivity index is 1.33. The second kappa shape index (κ2) is 11.7. The van der Waals surface area contributed by atoms with Crippen LogP contribution in [-0.4, -0.2) is 15.8 Å². The molecule has 6 aromatic carbocycles. The molecule has 8 aromatic rings. The molecule has 0 saturated carbocycles. The smallest absolute Gasteiger partial charge is 0.0954 e. The highest BCUT2D eigenvalue weighted by Crippen LogP contribution is 2.45. The highest BCUT2D eigenvalue weighted by molar-refractivity contribution is 6.15. The van der Waals surface area contributed by atoms with Crippen molar-refractivity contribution in [2.45, 2.75) is 12.5 Å². The Bertz CT molecular complexity index is 2670. The molecule has 0 spiro atoms. The Morgan fingerprint density at radius 1 is 0.612 bits per heavy atom. The molecule has 0 N–H and O–H groups in total. The summed E-state index contributed by atoms with van der Waals surface area (Å²) in [6.45, 7) is 8.69. The molecular formula is C46H33N3. The monoisotopic (exact) mass is 627 g/mol. The average Bonchev–Trinajstić information content (AvgIpc) is 3.50. The van der Waals surface area contributed by atoms with Gasteiger partial charge in [0.15, 0.2) is 0 Å². The Hall–Kier alpha value is -6.32. The molecule has 9 rings (SSSR count). The van der Waals surface area contributed by atoms with Gasteiger partial charge in [-0.05, 0) is 104 Å². The minimum Gasteiger partial charge on any atom is -0.308 e. The summed E-state index contributed by atoms with van der Waals surface area (Å²) >= 11 is 0. The summed E-state index contributed by atoms with van der Waals surface area (Å²) in [5, 5.41) is 7.15. The van der Waals surface area contributed by atoms with Gasteiger partial charge in [-0.1, -0.05) is 116 Å². The van der Waals surface area contributed by atoms with E-state index in [-0.39, 0.29) is 6.04 Å². The Morgan fingerprint density at radius 3 is 1.98 bits per heavy atom. The Labute approximate surface area is 285 Å². The number of benzene rings is 6. The van der Waals surface area contributed by atoms with Crippen LogP contribution in [0.3, 0.4) is 0 Å². The molecule has 1 aliphatic heterocycles. The van der Waals surface area contributed by atoms with Gasteiger partial charge in [-0.15, -0.1) is 0 Å². The fourth-order valence-corrected chi connectivity index (χ4v) is 7.68. The van der Waals surface area contributed by atoms with E-state index in [0.29, 0.717) is 0 Å². The molecule has 1 unspecified atom stereocenters. The van der Waals surface area contributed by atoms with Crippen LogP contribution in [0.4, 0.5) is 0 Å². The van der Waals surface area contributed by atoms with Gasteiger partial charge in [0.2, 0.25) is 0 Å². The van der Waals surface area contributed by atoms with Crippen molar-refractivity contribution >= 4 is 61.7 Å². The molecule has 3 heteroatoms. The Morgan fingerprint density at radius 2 is 1.27 bits per heavy atom. The van der Waals surface area contributed by atoms with E-state index in [4.69, 9.17) is 9.98 Å². The summed E-state index contributed by atoms with van der Waals surface area (Å²) in [4.78, 5) is 9.69.